The molecule has 0 fully saturated rings. The van der Waals surface area contributed by atoms with E-state index in [1.807, 2.05) is 25.1 Å². The standard InChI is InChI=1S/C17H21N5/c1-4-5-9-18-15-11-13(3)19-17-20-16(21-22(15)17)14-8-6-7-12(2)10-14/h6-8,10-11,18H,4-5,9H2,1-3H3. The molecule has 0 aliphatic heterocycles. The Hall–Kier alpha value is -2.43. The van der Waals surface area contributed by atoms with Crippen molar-refractivity contribution in [2.75, 3.05) is 11.9 Å². The quantitative estimate of drug-likeness (QED) is 0.730. The number of hydrogen-bond acceptors (Lipinski definition) is 4. The van der Waals surface area contributed by atoms with Gasteiger partial charge in [-0.15, -0.1) is 5.10 Å². The molecule has 3 aromatic rings. The molecule has 1 N–H and O–H groups in total. The number of benzene rings is 1. The fraction of sp³-hybridized carbons (Fsp3) is 0.353. The van der Waals surface area contributed by atoms with E-state index in [0.717, 1.165) is 36.5 Å². The fourth-order valence-corrected chi connectivity index (χ4v) is 2.41. The summed E-state index contributed by atoms with van der Waals surface area (Å²) in [5.74, 6) is 2.29. The zero-order valence-electron chi connectivity index (χ0n) is 13.3. The summed E-state index contributed by atoms with van der Waals surface area (Å²) in [5, 5.41) is 8.05. The molecule has 114 valence electrons. The van der Waals surface area contributed by atoms with Gasteiger partial charge >= 0.3 is 0 Å². The van der Waals surface area contributed by atoms with Crippen LogP contribution < -0.4 is 5.32 Å². The molecule has 2 heterocycles. The van der Waals surface area contributed by atoms with Crippen LogP contribution in [0.2, 0.25) is 0 Å². The van der Waals surface area contributed by atoms with Gasteiger partial charge in [0.15, 0.2) is 5.82 Å². The molecule has 2 aromatic heterocycles. The summed E-state index contributed by atoms with van der Waals surface area (Å²) in [4.78, 5) is 9.06. The zero-order valence-corrected chi connectivity index (χ0v) is 13.3. The predicted molar refractivity (Wildman–Crippen MR) is 89.1 cm³/mol. The first kappa shape index (κ1) is 14.5. The lowest BCUT2D eigenvalue weighted by atomic mass is 10.1. The van der Waals surface area contributed by atoms with Gasteiger partial charge in [0, 0.05) is 23.9 Å². The van der Waals surface area contributed by atoms with Gasteiger partial charge in [-0.1, -0.05) is 37.1 Å². The smallest absolute Gasteiger partial charge is 0.254 e. The summed E-state index contributed by atoms with van der Waals surface area (Å²) in [6, 6.07) is 10.2. The Bertz CT molecular complexity index is 791. The highest BCUT2D eigenvalue weighted by atomic mass is 15.4. The number of nitrogens with zero attached hydrogens (tertiary/aromatic N) is 4. The van der Waals surface area contributed by atoms with Crippen LogP contribution in [0.1, 0.15) is 31.0 Å². The number of unbranched alkanes of at least 4 members (excludes halogenated alkanes) is 1. The lowest BCUT2D eigenvalue weighted by Crippen LogP contribution is -2.08. The van der Waals surface area contributed by atoms with Gasteiger partial charge in [-0.3, -0.25) is 0 Å². The minimum atomic E-state index is 0.635. The van der Waals surface area contributed by atoms with Crippen molar-refractivity contribution in [3.05, 3.63) is 41.6 Å². The number of aryl methyl sites for hydroxylation is 2. The maximum atomic E-state index is 4.62. The van der Waals surface area contributed by atoms with Gasteiger partial charge in [0.2, 0.25) is 0 Å². The van der Waals surface area contributed by atoms with E-state index in [9.17, 15) is 0 Å². The molecule has 0 atom stereocenters. The van der Waals surface area contributed by atoms with Crippen molar-refractivity contribution < 1.29 is 0 Å². The summed E-state index contributed by atoms with van der Waals surface area (Å²) in [6.45, 7) is 7.15. The summed E-state index contributed by atoms with van der Waals surface area (Å²) >= 11 is 0. The molecule has 0 radical (unpaired) electrons. The molecule has 22 heavy (non-hydrogen) atoms. The molecule has 0 aliphatic rings. The van der Waals surface area contributed by atoms with Crippen LogP contribution in [0.4, 0.5) is 5.82 Å². The van der Waals surface area contributed by atoms with E-state index in [1.54, 1.807) is 4.52 Å². The van der Waals surface area contributed by atoms with Crippen molar-refractivity contribution in [2.45, 2.75) is 33.6 Å². The van der Waals surface area contributed by atoms with E-state index in [2.05, 4.69) is 46.4 Å². The molecule has 1 aromatic carbocycles. The number of aromatic nitrogens is 4. The Kier molecular flexibility index (Phi) is 4.04. The summed E-state index contributed by atoms with van der Waals surface area (Å²) < 4.78 is 1.79. The van der Waals surface area contributed by atoms with Gasteiger partial charge in [0.25, 0.3) is 5.78 Å². The molecule has 0 saturated heterocycles. The number of anilines is 1. The van der Waals surface area contributed by atoms with E-state index in [-0.39, 0.29) is 0 Å². The van der Waals surface area contributed by atoms with Crippen LogP contribution in [0.3, 0.4) is 0 Å². The number of nitrogens with one attached hydrogen (secondary N) is 1. The molecule has 5 nitrogen and oxygen atoms in total. The average molecular weight is 295 g/mol. The van der Waals surface area contributed by atoms with E-state index in [4.69, 9.17) is 0 Å². The van der Waals surface area contributed by atoms with E-state index in [1.165, 1.54) is 5.56 Å². The molecular formula is C17H21N5. The Morgan fingerprint density at radius 3 is 2.77 bits per heavy atom. The van der Waals surface area contributed by atoms with Crippen LogP contribution in [0.5, 0.6) is 0 Å². The van der Waals surface area contributed by atoms with Crippen molar-refractivity contribution >= 4 is 11.6 Å². The minimum absolute atomic E-state index is 0.635. The molecule has 3 rings (SSSR count). The molecular weight excluding hydrogens is 274 g/mol. The second-order valence-corrected chi connectivity index (χ2v) is 5.58. The van der Waals surface area contributed by atoms with Gasteiger partial charge in [-0.25, -0.2) is 4.98 Å². The van der Waals surface area contributed by atoms with Crippen LogP contribution in [0, 0.1) is 13.8 Å². The molecule has 0 amide bonds. The second-order valence-electron chi connectivity index (χ2n) is 5.58. The van der Waals surface area contributed by atoms with Gasteiger partial charge in [0.05, 0.1) is 0 Å². The molecule has 5 heteroatoms. The highest BCUT2D eigenvalue weighted by molar-refractivity contribution is 5.59. The zero-order chi connectivity index (χ0) is 15.5. The Labute approximate surface area is 130 Å². The highest BCUT2D eigenvalue weighted by Crippen LogP contribution is 2.19. The number of rotatable bonds is 5. The fourth-order valence-electron chi connectivity index (χ4n) is 2.41. The van der Waals surface area contributed by atoms with Gasteiger partial charge in [0.1, 0.15) is 5.82 Å². The van der Waals surface area contributed by atoms with Gasteiger partial charge in [-0.05, 0) is 26.3 Å². The summed E-state index contributed by atoms with van der Waals surface area (Å²) in [6.07, 6.45) is 2.29. The van der Waals surface area contributed by atoms with Crippen molar-refractivity contribution in [1.82, 2.24) is 19.6 Å². The van der Waals surface area contributed by atoms with Crippen LogP contribution in [-0.2, 0) is 0 Å². The third kappa shape index (κ3) is 2.93. The molecule has 0 aliphatic carbocycles. The van der Waals surface area contributed by atoms with Crippen molar-refractivity contribution in [3.63, 3.8) is 0 Å². The number of hydrogen-bond donors (Lipinski definition) is 1. The second kappa shape index (κ2) is 6.13. The lowest BCUT2D eigenvalue weighted by Gasteiger charge is -2.07. The molecule has 0 unspecified atom stereocenters. The molecule has 0 spiro atoms. The monoisotopic (exact) mass is 295 g/mol. The first-order valence-corrected chi connectivity index (χ1v) is 7.72. The van der Waals surface area contributed by atoms with Crippen molar-refractivity contribution in [2.24, 2.45) is 0 Å². The maximum Gasteiger partial charge on any atom is 0.254 e. The largest absolute Gasteiger partial charge is 0.370 e. The SMILES string of the molecule is CCCCNc1cc(C)nc2nc(-c3cccc(C)c3)nn12. The maximum absolute atomic E-state index is 4.62. The predicted octanol–water partition coefficient (Wildman–Crippen LogP) is 3.62. The first-order chi connectivity index (χ1) is 10.7. The van der Waals surface area contributed by atoms with Crippen LogP contribution in [0.25, 0.3) is 17.2 Å². The van der Waals surface area contributed by atoms with Crippen LogP contribution >= 0.6 is 0 Å². The van der Waals surface area contributed by atoms with Gasteiger partial charge in [-0.2, -0.15) is 9.50 Å². The summed E-state index contributed by atoms with van der Waals surface area (Å²) in [5.41, 5.74) is 3.15. The topological polar surface area (TPSA) is 55.1 Å². The molecule has 0 bridgehead atoms. The van der Waals surface area contributed by atoms with Gasteiger partial charge < -0.3 is 5.32 Å². The average Bonchev–Trinajstić information content (AvgIpc) is 2.91. The van der Waals surface area contributed by atoms with Crippen molar-refractivity contribution in [1.29, 1.82) is 0 Å². The van der Waals surface area contributed by atoms with E-state index in [0.29, 0.717) is 11.6 Å². The Morgan fingerprint density at radius 2 is 2.00 bits per heavy atom. The van der Waals surface area contributed by atoms with Crippen LogP contribution in [-0.4, -0.2) is 26.1 Å². The number of fused-ring (bicyclic) bond motifs is 1. The van der Waals surface area contributed by atoms with Crippen molar-refractivity contribution in [3.8, 4) is 11.4 Å². The third-order valence-corrected chi connectivity index (χ3v) is 3.55. The Morgan fingerprint density at radius 1 is 1.14 bits per heavy atom. The normalized spacial score (nSPS) is 11.0. The third-order valence-electron chi connectivity index (χ3n) is 3.55. The lowest BCUT2D eigenvalue weighted by molar-refractivity contribution is 0.819. The highest BCUT2D eigenvalue weighted by Gasteiger charge is 2.11. The summed E-state index contributed by atoms with van der Waals surface area (Å²) in [7, 11) is 0. The molecule has 0 saturated carbocycles. The minimum Gasteiger partial charge on any atom is -0.370 e. The van der Waals surface area contributed by atoms with E-state index >= 15 is 0 Å². The Balaban J connectivity index is 2.03. The first-order valence-electron chi connectivity index (χ1n) is 7.72. The van der Waals surface area contributed by atoms with E-state index < -0.39 is 0 Å². The van der Waals surface area contributed by atoms with Crippen LogP contribution in [0.15, 0.2) is 30.3 Å².